The first kappa shape index (κ1) is 14.6. The summed E-state index contributed by atoms with van der Waals surface area (Å²) in [6, 6.07) is 13.5. The summed E-state index contributed by atoms with van der Waals surface area (Å²) < 4.78 is 17.6. The molecular weight excluding hydrogens is 270 g/mol. The lowest BCUT2D eigenvalue weighted by atomic mass is 10.1. The Morgan fingerprint density at radius 1 is 1.10 bits per heavy atom. The molecule has 106 valence electrons. The Morgan fingerprint density at radius 3 is 2.50 bits per heavy atom. The predicted molar refractivity (Wildman–Crippen MR) is 84.1 cm³/mol. The molecule has 0 aliphatic rings. The first-order chi connectivity index (χ1) is 9.60. The molecule has 2 N–H and O–H groups in total. The predicted octanol–water partition coefficient (Wildman–Crippen LogP) is 3.03. The maximum absolute atomic E-state index is 12.3. The Morgan fingerprint density at radius 2 is 1.80 bits per heavy atom. The minimum absolute atomic E-state index is 0.470. The number of rotatable bonds is 5. The van der Waals surface area contributed by atoms with E-state index in [9.17, 15) is 4.21 Å². The fourth-order valence-electron chi connectivity index (χ4n) is 2.05. The summed E-state index contributed by atoms with van der Waals surface area (Å²) in [6.45, 7) is 2.04. The molecule has 20 heavy (non-hydrogen) atoms. The number of anilines is 1. The van der Waals surface area contributed by atoms with Crippen LogP contribution in [0.4, 0.5) is 5.69 Å². The second-order valence-electron chi connectivity index (χ2n) is 4.73. The minimum atomic E-state index is -0.972. The summed E-state index contributed by atoms with van der Waals surface area (Å²) in [5.41, 5.74) is 9.59. The van der Waals surface area contributed by atoms with Crippen molar-refractivity contribution in [2.75, 3.05) is 12.8 Å². The monoisotopic (exact) mass is 289 g/mol. The van der Waals surface area contributed by atoms with Gasteiger partial charge in [-0.15, -0.1) is 0 Å². The second kappa shape index (κ2) is 6.57. The van der Waals surface area contributed by atoms with Crippen molar-refractivity contribution in [3.8, 4) is 5.75 Å². The van der Waals surface area contributed by atoms with Gasteiger partial charge >= 0.3 is 0 Å². The Kier molecular flexibility index (Phi) is 4.79. The van der Waals surface area contributed by atoms with Gasteiger partial charge in [0.25, 0.3) is 0 Å². The zero-order valence-electron chi connectivity index (χ0n) is 11.8. The first-order valence-corrected chi connectivity index (χ1v) is 7.91. The van der Waals surface area contributed by atoms with Crippen molar-refractivity contribution in [3.05, 3.63) is 59.2 Å². The van der Waals surface area contributed by atoms with E-state index in [1.165, 1.54) is 5.56 Å². The summed E-state index contributed by atoms with van der Waals surface area (Å²) in [5, 5.41) is 0. The molecule has 0 saturated carbocycles. The third-order valence-corrected chi connectivity index (χ3v) is 4.47. The van der Waals surface area contributed by atoms with Gasteiger partial charge in [0.15, 0.2) is 0 Å². The van der Waals surface area contributed by atoms with Crippen molar-refractivity contribution in [3.63, 3.8) is 0 Å². The van der Waals surface area contributed by atoms with Crippen molar-refractivity contribution < 1.29 is 8.95 Å². The average molecular weight is 289 g/mol. The molecule has 0 bridgehead atoms. The molecular formula is C16H19NO2S. The van der Waals surface area contributed by atoms with E-state index in [2.05, 4.69) is 0 Å². The maximum Gasteiger partial charge on any atom is 0.125 e. The van der Waals surface area contributed by atoms with E-state index in [0.29, 0.717) is 22.9 Å². The Hall–Kier alpha value is -1.81. The van der Waals surface area contributed by atoms with E-state index in [1.54, 1.807) is 13.2 Å². The molecule has 0 spiro atoms. The molecule has 1 atom stereocenters. The Labute approximate surface area is 122 Å². The third kappa shape index (κ3) is 3.61. The van der Waals surface area contributed by atoms with Crippen LogP contribution in [-0.2, 0) is 22.3 Å². The van der Waals surface area contributed by atoms with Gasteiger partial charge in [0.1, 0.15) is 5.75 Å². The fraction of sp³-hybridized carbons (Fsp3) is 0.250. The lowest BCUT2D eigenvalue weighted by Crippen LogP contribution is -2.03. The normalized spacial score (nSPS) is 12.1. The number of aryl methyl sites for hydroxylation is 1. The van der Waals surface area contributed by atoms with Gasteiger partial charge in [-0.3, -0.25) is 4.21 Å². The number of nitrogen functional groups attached to an aromatic ring is 1. The highest BCUT2D eigenvalue weighted by molar-refractivity contribution is 7.83. The molecule has 2 rings (SSSR count). The van der Waals surface area contributed by atoms with Gasteiger partial charge in [0.05, 0.1) is 12.9 Å². The first-order valence-electron chi connectivity index (χ1n) is 6.42. The van der Waals surface area contributed by atoms with Crippen LogP contribution in [0, 0.1) is 6.92 Å². The molecule has 0 aromatic heterocycles. The molecule has 4 heteroatoms. The second-order valence-corrected chi connectivity index (χ2v) is 6.18. The van der Waals surface area contributed by atoms with Gasteiger partial charge in [0.2, 0.25) is 0 Å². The van der Waals surface area contributed by atoms with Crippen LogP contribution in [0.25, 0.3) is 0 Å². The van der Waals surface area contributed by atoms with Gasteiger partial charge in [-0.05, 0) is 24.1 Å². The highest BCUT2D eigenvalue weighted by atomic mass is 32.2. The van der Waals surface area contributed by atoms with E-state index in [-0.39, 0.29) is 0 Å². The zero-order chi connectivity index (χ0) is 14.5. The quantitative estimate of drug-likeness (QED) is 0.861. The molecule has 0 heterocycles. The number of benzene rings is 2. The maximum atomic E-state index is 12.3. The largest absolute Gasteiger partial charge is 0.496 e. The van der Waals surface area contributed by atoms with Crippen LogP contribution < -0.4 is 10.5 Å². The summed E-state index contributed by atoms with van der Waals surface area (Å²) >= 11 is 0. The van der Waals surface area contributed by atoms with E-state index in [0.717, 1.165) is 11.1 Å². The van der Waals surface area contributed by atoms with Gasteiger partial charge in [-0.25, -0.2) is 0 Å². The molecule has 2 aromatic rings. The van der Waals surface area contributed by atoms with E-state index in [4.69, 9.17) is 10.5 Å². The highest BCUT2D eigenvalue weighted by Crippen LogP contribution is 2.23. The SMILES string of the molecule is COc1cc(N)ccc1CS(=O)Cc1ccccc1C. The van der Waals surface area contributed by atoms with Crippen LogP contribution in [0.2, 0.25) is 0 Å². The molecule has 3 nitrogen and oxygen atoms in total. The van der Waals surface area contributed by atoms with Crippen LogP contribution in [0.3, 0.4) is 0 Å². The fourth-order valence-corrected chi connectivity index (χ4v) is 3.41. The van der Waals surface area contributed by atoms with Gasteiger partial charge in [-0.1, -0.05) is 30.3 Å². The minimum Gasteiger partial charge on any atom is -0.496 e. The van der Waals surface area contributed by atoms with E-state index >= 15 is 0 Å². The molecule has 0 saturated heterocycles. The molecule has 0 aliphatic carbocycles. The van der Waals surface area contributed by atoms with E-state index < -0.39 is 10.8 Å². The molecule has 0 radical (unpaired) electrons. The number of hydrogen-bond donors (Lipinski definition) is 1. The smallest absolute Gasteiger partial charge is 0.125 e. The topological polar surface area (TPSA) is 52.3 Å². The van der Waals surface area contributed by atoms with Crippen LogP contribution in [0.5, 0.6) is 5.75 Å². The highest BCUT2D eigenvalue weighted by Gasteiger charge is 2.09. The standard InChI is InChI=1S/C16H19NO2S/c1-12-5-3-4-6-13(12)10-20(18)11-14-7-8-15(17)9-16(14)19-2/h3-9H,10-11,17H2,1-2H3. The van der Waals surface area contributed by atoms with Crippen LogP contribution in [-0.4, -0.2) is 11.3 Å². The Balaban J connectivity index is 2.11. The van der Waals surface area contributed by atoms with Crippen LogP contribution in [0.15, 0.2) is 42.5 Å². The third-order valence-electron chi connectivity index (χ3n) is 3.21. The number of ether oxygens (including phenoxy) is 1. The lowest BCUT2D eigenvalue weighted by molar-refractivity contribution is 0.411. The number of nitrogens with two attached hydrogens (primary N) is 1. The zero-order valence-corrected chi connectivity index (χ0v) is 12.6. The van der Waals surface area contributed by atoms with Crippen molar-refractivity contribution in [1.29, 1.82) is 0 Å². The van der Waals surface area contributed by atoms with E-state index in [1.807, 2.05) is 43.3 Å². The molecule has 0 aliphatic heterocycles. The van der Waals surface area contributed by atoms with Crippen LogP contribution in [0.1, 0.15) is 16.7 Å². The van der Waals surface area contributed by atoms with Crippen molar-refractivity contribution in [2.45, 2.75) is 18.4 Å². The Bertz CT molecular complexity index is 626. The lowest BCUT2D eigenvalue weighted by Gasteiger charge is -2.10. The van der Waals surface area contributed by atoms with Crippen LogP contribution >= 0.6 is 0 Å². The summed E-state index contributed by atoms with van der Waals surface area (Å²) in [7, 11) is 0.628. The number of hydrogen-bond acceptors (Lipinski definition) is 3. The average Bonchev–Trinajstić information content (AvgIpc) is 2.43. The molecule has 0 amide bonds. The van der Waals surface area contributed by atoms with Gasteiger partial charge < -0.3 is 10.5 Å². The summed E-state index contributed by atoms with van der Waals surface area (Å²) in [4.78, 5) is 0. The van der Waals surface area contributed by atoms with Crippen molar-refractivity contribution in [2.24, 2.45) is 0 Å². The van der Waals surface area contributed by atoms with Gasteiger partial charge in [-0.2, -0.15) is 0 Å². The van der Waals surface area contributed by atoms with Crippen molar-refractivity contribution >= 4 is 16.5 Å². The number of methoxy groups -OCH3 is 1. The van der Waals surface area contributed by atoms with Gasteiger partial charge in [0, 0.05) is 33.9 Å². The molecule has 0 fully saturated rings. The summed E-state index contributed by atoms with van der Waals surface area (Å²) in [6.07, 6.45) is 0. The molecule has 1 unspecified atom stereocenters. The molecule has 2 aromatic carbocycles. The summed E-state index contributed by atoms with van der Waals surface area (Å²) in [5.74, 6) is 1.72. The van der Waals surface area contributed by atoms with Crippen molar-refractivity contribution in [1.82, 2.24) is 0 Å².